The normalized spacial score (nSPS) is 16.0. The van der Waals surface area contributed by atoms with Crippen LogP contribution in [0.1, 0.15) is 115 Å². The molecule has 0 saturated heterocycles. The van der Waals surface area contributed by atoms with Crippen LogP contribution >= 0.6 is 11.3 Å². The Labute approximate surface area is 368 Å². The van der Waals surface area contributed by atoms with Crippen molar-refractivity contribution in [3.8, 4) is 0 Å². The van der Waals surface area contributed by atoms with Gasteiger partial charge in [-0.05, 0) is 42.6 Å². The van der Waals surface area contributed by atoms with Gasteiger partial charge in [-0.3, -0.25) is 43.3 Å². The van der Waals surface area contributed by atoms with Crippen molar-refractivity contribution in [3.05, 3.63) is 64.1 Å². The highest BCUT2D eigenvalue weighted by molar-refractivity contribution is 7.09. The van der Waals surface area contributed by atoms with Crippen LogP contribution in [0.4, 0.5) is 0 Å². The summed E-state index contributed by atoms with van der Waals surface area (Å²) in [5.74, 6) is -5.70. The molecule has 17 heteroatoms. The lowest BCUT2D eigenvalue weighted by molar-refractivity contribution is -0.149. The fourth-order valence-corrected chi connectivity index (χ4v) is 8.36. The number of rotatable bonds is 24. The van der Waals surface area contributed by atoms with E-state index in [4.69, 9.17) is 4.74 Å². The number of nitrogens with zero attached hydrogens (tertiary/aromatic N) is 4. The summed E-state index contributed by atoms with van der Waals surface area (Å²) in [5.41, 5.74) is 1.00. The molecule has 0 saturated carbocycles. The largest absolute Gasteiger partial charge is 0.481 e. The van der Waals surface area contributed by atoms with Crippen LogP contribution in [0.3, 0.4) is 0 Å². The molecule has 3 N–H and O–H groups in total. The van der Waals surface area contributed by atoms with Crippen LogP contribution in [-0.2, 0) is 44.7 Å². The Bertz CT molecular complexity index is 1920. The van der Waals surface area contributed by atoms with E-state index >= 15 is 0 Å². The summed E-state index contributed by atoms with van der Waals surface area (Å²) in [5, 5.41) is 17.4. The number of hydrogen-bond donors (Lipinski definition) is 3. The highest BCUT2D eigenvalue weighted by Gasteiger charge is 2.38. The number of carboxylic acids is 1. The summed E-state index contributed by atoms with van der Waals surface area (Å²) in [6.07, 6.45) is 2.90. The maximum Gasteiger partial charge on any atom is 0.306 e. The topological polar surface area (TPSA) is 213 Å². The minimum atomic E-state index is -0.975. The predicted molar refractivity (Wildman–Crippen MR) is 233 cm³/mol. The molecule has 1 aliphatic rings. The summed E-state index contributed by atoms with van der Waals surface area (Å²) in [6.45, 7) is 14.1. The van der Waals surface area contributed by atoms with Crippen molar-refractivity contribution in [1.29, 1.82) is 0 Å². The third kappa shape index (κ3) is 14.3. The molecule has 0 aliphatic carbocycles. The third-order valence-electron chi connectivity index (χ3n) is 11.3. The average Bonchev–Trinajstić information content (AvgIpc) is 3.83. The molecule has 16 nitrogen and oxygen atoms in total. The molecule has 0 radical (unpaired) electrons. The summed E-state index contributed by atoms with van der Waals surface area (Å²) in [4.78, 5) is 112. The van der Waals surface area contributed by atoms with Crippen molar-refractivity contribution >= 4 is 58.7 Å². The Balaban J connectivity index is 1.79. The number of aliphatic carboxylic acids is 1. The minimum Gasteiger partial charge on any atom is -0.481 e. The number of nitrogens with one attached hydrogen (secondary N) is 2. The van der Waals surface area contributed by atoms with Crippen LogP contribution in [-0.4, -0.2) is 117 Å². The number of carbonyl (C=O) groups excluding carboxylic acids is 7. The molecule has 3 rings (SSSR count). The molecule has 2 aromatic rings. The number of amides is 6. The molecule has 0 spiro atoms. The number of thiazole rings is 1. The monoisotopic (exact) mass is 880 g/mol. The van der Waals surface area contributed by atoms with E-state index in [2.05, 4.69) is 15.6 Å². The Morgan fingerprint density at radius 1 is 0.887 bits per heavy atom. The summed E-state index contributed by atoms with van der Waals surface area (Å²) in [7, 11) is 3.15. The molecule has 1 aromatic carbocycles. The molecule has 3 unspecified atom stereocenters. The smallest absolute Gasteiger partial charge is 0.306 e. The van der Waals surface area contributed by atoms with Gasteiger partial charge in [-0.1, -0.05) is 85.2 Å². The van der Waals surface area contributed by atoms with Crippen LogP contribution in [0, 0.1) is 23.7 Å². The molecule has 0 fully saturated rings. The number of aromatic nitrogens is 1. The number of imide groups is 1. The SMILES string of the molecule is CC[C@H](C)[C@H](NC(=O)C(C(C)C)N(C)C(=O)CCCN1C(=O)C=CC1=O)C(=O)N(C)C(C[C@@H](OC(C)=O)c1nc(C(=O)N[C@@H](Cc2ccccc2)CC(C)C(=O)O)cs1)C(C)C. The van der Waals surface area contributed by atoms with Gasteiger partial charge in [0.05, 0.1) is 5.92 Å². The van der Waals surface area contributed by atoms with Gasteiger partial charge in [0.1, 0.15) is 22.8 Å². The second kappa shape index (κ2) is 23.7. The van der Waals surface area contributed by atoms with Crippen molar-refractivity contribution in [3.63, 3.8) is 0 Å². The standard InChI is InChI=1S/C45H64N6O10S/c1-11-28(6)39(48-42(57)40(27(4)5)50(10)36(53)18-15-21-51-37(54)19-20-38(51)55)44(58)49(9)34(26(2)3)24-35(61-30(8)52)43-47-33(25-62-43)41(56)46-32(22-29(7)45(59)60)23-31-16-13-12-14-17-31/h12-14,16-17,19-20,25-29,32,34-35,39-40H,11,15,18,21-24H2,1-10H3,(H,46,56)(H,48,57)(H,59,60)/t28-,29?,32+,34?,35+,39-,40?/m0/s1. The average molecular weight is 881 g/mol. The predicted octanol–water partition coefficient (Wildman–Crippen LogP) is 4.79. The Hall–Kier alpha value is -5.45. The molecule has 62 heavy (non-hydrogen) atoms. The van der Waals surface area contributed by atoms with Gasteiger partial charge in [0.25, 0.3) is 17.7 Å². The van der Waals surface area contributed by atoms with Gasteiger partial charge in [-0.2, -0.15) is 0 Å². The maximum absolute atomic E-state index is 14.5. The van der Waals surface area contributed by atoms with Gasteiger partial charge < -0.3 is 30.3 Å². The van der Waals surface area contributed by atoms with Crippen LogP contribution in [0.25, 0.3) is 0 Å². The zero-order valence-corrected chi connectivity index (χ0v) is 38.4. The Kier molecular flexibility index (Phi) is 19.4. The van der Waals surface area contributed by atoms with Gasteiger partial charge in [0.2, 0.25) is 17.7 Å². The summed E-state index contributed by atoms with van der Waals surface area (Å²) >= 11 is 1.13. The van der Waals surface area contributed by atoms with E-state index in [1.165, 1.54) is 31.0 Å². The zero-order chi connectivity index (χ0) is 46.4. The second-order valence-electron chi connectivity index (χ2n) is 16.8. The minimum absolute atomic E-state index is 0.00774. The third-order valence-corrected chi connectivity index (χ3v) is 12.2. The van der Waals surface area contributed by atoms with E-state index in [1.54, 1.807) is 38.1 Å². The molecule has 6 amide bonds. The number of ether oxygens (including phenoxy) is 1. The molecule has 340 valence electrons. The first-order valence-electron chi connectivity index (χ1n) is 21.2. The van der Waals surface area contributed by atoms with Gasteiger partial charge in [-0.15, -0.1) is 11.3 Å². The highest BCUT2D eigenvalue weighted by Crippen LogP contribution is 2.31. The van der Waals surface area contributed by atoms with E-state index in [-0.39, 0.29) is 67.5 Å². The van der Waals surface area contributed by atoms with Crippen LogP contribution in [0.5, 0.6) is 0 Å². The number of benzene rings is 1. The van der Waals surface area contributed by atoms with Crippen molar-refractivity contribution in [2.45, 2.75) is 124 Å². The van der Waals surface area contributed by atoms with Gasteiger partial charge in [0.15, 0.2) is 6.10 Å². The molecule has 7 atom stereocenters. The summed E-state index contributed by atoms with van der Waals surface area (Å²) in [6, 6.07) is 6.48. The van der Waals surface area contributed by atoms with Gasteiger partial charge in [-0.25, -0.2) is 4.98 Å². The first-order valence-corrected chi connectivity index (χ1v) is 22.1. The second-order valence-corrected chi connectivity index (χ2v) is 17.7. The molecular formula is C45H64N6O10S. The molecular weight excluding hydrogens is 817 g/mol. The van der Waals surface area contributed by atoms with Crippen LogP contribution in [0.2, 0.25) is 0 Å². The quantitative estimate of drug-likeness (QED) is 0.0964. The summed E-state index contributed by atoms with van der Waals surface area (Å²) < 4.78 is 5.77. The number of likely N-dealkylation sites (N-methyl/N-ethyl adjacent to an activating group) is 2. The van der Waals surface area contributed by atoms with E-state index in [0.717, 1.165) is 21.8 Å². The fraction of sp³-hybridized carbons (Fsp3) is 0.578. The van der Waals surface area contributed by atoms with Crippen LogP contribution in [0.15, 0.2) is 47.9 Å². The Morgan fingerprint density at radius 2 is 1.52 bits per heavy atom. The van der Waals surface area contributed by atoms with E-state index in [0.29, 0.717) is 17.8 Å². The number of carboxylic acid groups (broad SMARTS) is 1. The molecule has 0 bridgehead atoms. The van der Waals surface area contributed by atoms with Crippen molar-refractivity contribution in [2.24, 2.45) is 23.7 Å². The first-order chi connectivity index (χ1) is 29.2. The van der Waals surface area contributed by atoms with Crippen molar-refractivity contribution < 1.29 is 48.2 Å². The van der Waals surface area contributed by atoms with E-state index < -0.39 is 71.8 Å². The van der Waals surface area contributed by atoms with Gasteiger partial charge >= 0.3 is 11.9 Å². The maximum atomic E-state index is 14.5. The number of hydrogen-bond acceptors (Lipinski definition) is 11. The Morgan fingerprint density at radius 3 is 2.06 bits per heavy atom. The highest BCUT2D eigenvalue weighted by atomic mass is 32.1. The lowest BCUT2D eigenvalue weighted by Crippen LogP contribution is -2.59. The number of esters is 1. The van der Waals surface area contributed by atoms with Crippen LogP contribution < -0.4 is 10.6 Å². The lowest BCUT2D eigenvalue weighted by atomic mass is 9.92. The van der Waals surface area contributed by atoms with Crippen molar-refractivity contribution in [2.75, 3.05) is 20.6 Å². The zero-order valence-electron chi connectivity index (χ0n) is 37.6. The first kappa shape index (κ1) is 50.9. The van der Waals surface area contributed by atoms with E-state index in [9.17, 15) is 43.5 Å². The molecule has 2 heterocycles. The fourth-order valence-electron chi connectivity index (χ4n) is 7.52. The molecule has 1 aromatic heterocycles. The molecule has 1 aliphatic heterocycles. The van der Waals surface area contributed by atoms with Gasteiger partial charge in [0, 0.05) is 70.0 Å². The van der Waals surface area contributed by atoms with Crippen molar-refractivity contribution in [1.82, 2.24) is 30.3 Å². The number of carbonyl (C=O) groups is 8. The lowest BCUT2D eigenvalue weighted by Gasteiger charge is -2.38. The van der Waals surface area contributed by atoms with E-state index in [1.807, 2.05) is 58.0 Å².